The zero-order valence-corrected chi connectivity index (χ0v) is 19.3. The maximum Gasteiger partial charge on any atom is 0.255 e. The van der Waals surface area contributed by atoms with Crippen LogP contribution in [0.4, 0.5) is 5.69 Å². The Morgan fingerprint density at radius 2 is 1.52 bits per heavy atom. The van der Waals surface area contributed by atoms with Crippen LogP contribution in [0.25, 0.3) is 27.5 Å². The van der Waals surface area contributed by atoms with Crippen LogP contribution in [-0.2, 0) is 5.41 Å². The summed E-state index contributed by atoms with van der Waals surface area (Å²) in [6.07, 6.45) is 0. The maximum absolute atomic E-state index is 12.9. The van der Waals surface area contributed by atoms with Gasteiger partial charge in [0, 0.05) is 16.6 Å². The predicted octanol–water partition coefficient (Wildman–Crippen LogP) is 6.43. The number of nitrogens with one attached hydrogen (secondary N) is 1. The highest BCUT2D eigenvalue weighted by molar-refractivity contribution is 6.05. The Kier molecular flexibility index (Phi) is 4.97. The van der Waals surface area contributed by atoms with E-state index in [4.69, 9.17) is 10.2 Å². The molecule has 0 aliphatic heterocycles. The largest absolute Gasteiger partial charge is 0.322 e. The SMILES string of the molecule is Cc1cc2nn(-c3cccc4ccccc34)nc2cc1NC(=O)c1ccc(C(C)(C)C)cc1. The van der Waals surface area contributed by atoms with Gasteiger partial charge in [0.25, 0.3) is 5.91 Å². The van der Waals surface area contributed by atoms with Crippen molar-refractivity contribution in [3.63, 3.8) is 0 Å². The summed E-state index contributed by atoms with van der Waals surface area (Å²) in [6, 6.07) is 25.9. The van der Waals surface area contributed by atoms with E-state index < -0.39 is 0 Å². The minimum Gasteiger partial charge on any atom is -0.322 e. The second-order valence-electron chi connectivity index (χ2n) is 9.43. The Labute approximate surface area is 193 Å². The lowest BCUT2D eigenvalue weighted by Gasteiger charge is -2.19. The molecule has 0 fully saturated rings. The predicted molar refractivity (Wildman–Crippen MR) is 134 cm³/mol. The average molecular weight is 435 g/mol. The zero-order valence-electron chi connectivity index (χ0n) is 19.3. The van der Waals surface area contributed by atoms with Gasteiger partial charge in [-0.1, -0.05) is 69.3 Å². The average Bonchev–Trinajstić information content (AvgIpc) is 3.21. The highest BCUT2D eigenvalue weighted by Gasteiger charge is 2.16. The quantitative estimate of drug-likeness (QED) is 0.356. The summed E-state index contributed by atoms with van der Waals surface area (Å²) >= 11 is 0. The second kappa shape index (κ2) is 7.85. The topological polar surface area (TPSA) is 59.8 Å². The number of hydrogen-bond acceptors (Lipinski definition) is 3. The van der Waals surface area contributed by atoms with Crippen LogP contribution in [0.5, 0.6) is 0 Å². The number of carbonyl (C=O) groups is 1. The number of anilines is 1. The molecule has 5 nitrogen and oxygen atoms in total. The molecule has 1 amide bonds. The number of benzene rings is 4. The molecule has 1 aromatic heterocycles. The Hall–Kier alpha value is -3.99. The molecule has 0 bridgehead atoms. The maximum atomic E-state index is 12.9. The van der Waals surface area contributed by atoms with Crippen molar-refractivity contribution >= 4 is 33.4 Å². The van der Waals surface area contributed by atoms with Gasteiger partial charge in [-0.05, 0) is 59.2 Å². The molecule has 4 aromatic carbocycles. The van der Waals surface area contributed by atoms with Gasteiger partial charge in [-0.3, -0.25) is 4.79 Å². The number of rotatable bonds is 3. The van der Waals surface area contributed by atoms with Crippen LogP contribution in [0, 0.1) is 6.92 Å². The molecule has 5 rings (SSSR count). The van der Waals surface area contributed by atoms with Crippen molar-refractivity contribution in [3.05, 3.63) is 95.6 Å². The monoisotopic (exact) mass is 434 g/mol. The Morgan fingerprint density at radius 3 is 2.24 bits per heavy atom. The first-order valence-corrected chi connectivity index (χ1v) is 11.1. The van der Waals surface area contributed by atoms with Crippen molar-refractivity contribution in [2.75, 3.05) is 5.32 Å². The third kappa shape index (κ3) is 3.98. The summed E-state index contributed by atoms with van der Waals surface area (Å²) in [6.45, 7) is 8.44. The fraction of sp³-hybridized carbons (Fsp3) is 0.179. The molecule has 5 heteroatoms. The number of aromatic nitrogens is 3. The molecule has 1 N–H and O–H groups in total. The van der Waals surface area contributed by atoms with Crippen LogP contribution in [0.2, 0.25) is 0 Å². The summed E-state index contributed by atoms with van der Waals surface area (Å²) in [5, 5.41) is 14.7. The molecule has 0 saturated carbocycles. The number of hydrogen-bond donors (Lipinski definition) is 1. The van der Waals surface area contributed by atoms with E-state index >= 15 is 0 Å². The first-order chi connectivity index (χ1) is 15.8. The third-order valence-electron chi connectivity index (χ3n) is 5.97. The van der Waals surface area contributed by atoms with E-state index in [1.165, 1.54) is 5.56 Å². The molecule has 0 atom stereocenters. The third-order valence-corrected chi connectivity index (χ3v) is 5.97. The van der Waals surface area contributed by atoms with Crippen molar-refractivity contribution in [1.29, 1.82) is 0 Å². The van der Waals surface area contributed by atoms with Gasteiger partial charge in [-0.25, -0.2) is 0 Å². The van der Waals surface area contributed by atoms with Crippen molar-refractivity contribution < 1.29 is 4.79 Å². The van der Waals surface area contributed by atoms with Crippen molar-refractivity contribution in [1.82, 2.24) is 15.0 Å². The van der Waals surface area contributed by atoms with Crippen LogP contribution < -0.4 is 5.32 Å². The minimum absolute atomic E-state index is 0.0482. The normalized spacial score (nSPS) is 11.8. The molecule has 0 radical (unpaired) electrons. The van der Waals surface area contributed by atoms with E-state index in [0.717, 1.165) is 38.7 Å². The van der Waals surface area contributed by atoms with Gasteiger partial charge in [0.2, 0.25) is 0 Å². The summed E-state index contributed by atoms with van der Waals surface area (Å²) in [5.74, 6) is -0.139. The molecule has 1 heterocycles. The zero-order chi connectivity index (χ0) is 23.2. The Bertz CT molecular complexity index is 1490. The van der Waals surface area contributed by atoms with Gasteiger partial charge in [0.15, 0.2) is 0 Å². The van der Waals surface area contributed by atoms with Crippen molar-refractivity contribution in [3.8, 4) is 5.69 Å². The van der Waals surface area contributed by atoms with Gasteiger partial charge in [-0.2, -0.15) is 0 Å². The standard InChI is InChI=1S/C28H26N4O/c1-18-16-24-25(31-32(30-24)26-11-7-9-19-8-5-6-10-22(19)26)17-23(18)29-27(33)20-12-14-21(15-13-20)28(2,3)4/h5-17H,1-4H3,(H,29,33). The van der Waals surface area contributed by atoms with Gasteiger partial charge in [0.05, 0.1) is 5.69 Å². The lowest BCUT2D eigenvalue weighted by Crippen LogP contribution is -2.14. The molecule has 0 aliphatic carbocycles. The Morgan fingerprint density at radius 1 is 0.848 bits per heavy atom. The molecule has 0 unspecified atom stereocenters. The first kappa shape index (κ1) is 20.9. The van der Waals surface area contributed by atoms with Crippen molar-refractivity contribution in [2.24, 2.45) is 0 Å². The van der Waals surface area contributed by atoms with E-state index in [1.807, 2.05) is 67.6 Å². The molecule has 0 spiro atoms. The fourth-order valence-corrected chi connectivity index (χ4v) is 4.01. The summed E-state index contributed by atoms with van der Waals surface area (Å²) in [4.78, 5) is 14.6. The van der Waals surface area contributed by atoms with Crippen LogP contribution in [0.3, 0.4) is 0 Å². The van der Waals surface area contributed by atoms with Gasteiger partial charge >= 0.3 is 0 Å². The summed E-state index contributed by atoms with van der Waals surface area (Å²) in [7, 11) is 0. The molecule has 0 saturated heterocycles. The van der Waals surface area contributed by atoms with E-state index in [9.17, 15) is 4.79 Å². The van der Waals surface area contributed by atoms with Crippen LogP contribution in [-0.4, -0.2) is 20.9 Å². The first-order valence-electron chi connectivity index (χ1n) is 11.1. The lowest BCUT2D eigenvalue weighted by molar-refractivity contribution is 0.102. The highest BCUT2D eigenvalue weighted by Crippen LogP contribution is 2.26. The minimum atomic E-state index is -0.139. The number of fused-ring (bicyclic) bond motifs is 2. The number of carbonyl (C=O) groups excluding carboxylic acids is 1. The Balaban J connectivity index is 1.46. The number of amides is 1. The molecular weight excluding hydrogens is 408 g/mol. The summed E-state index contributed by atoms with van der Waals surface area (Å²) in [5.41, 5.74) is 5.98. The molecular formula is C28H26N4O. The van der Waals surface area contributed by atoms with Crippen LogP contribution in [0.1, 0.15) is 42.3 Å². The smallest absolute Gasteiger partial charge is 0.255 e. The highest BCUT2D eigenvalue weighted by atomic mass is 16.1. The van der Waals surface area contributed by atoms with Crippen LogP contribution in [0.15, 0.2) is 78.9 Å². The molecule has 33 heavy (non-hydrogen) atoms. The number of nitrogens with zero attached hydrogens (tertiary/aromatic N) is 3. The number of aryl methyl sites for hydroxylation is 1. The van der Waals surface area contributed by atoms with Gasteiger partial charge in [0.1, 0.15) is 11.0 Å². The fourth-order valence-electron chi connectivity index (χ4n) is 4.01. The van der Waals surface area contributed by atoms with E-state index in [0.29, 0.717) is 5.56 Å². The second-order valence-corrected chi connectivity index (χ2v) is 9.43. The lowest BCUT2D eigenvalue weighted by atomic mass is 9.87. The van der Waals surface area contributed by atoms with E-state index in [1.54, 1.807) is 4.80 Å². The van der Waals surface area contributed by atoms with E-state index in [-0.39, 0.29) is 11.3 Å². The summed E-state index contributed by atoms with van der Waals surface area (Å²) < 4.78 is 0. The van der Waals surface area contributed by atoms with Crippen LogP contribution >= 0.6 is 0 Å². The van der Waals surface area contributed by atoms with Crippen molar-refractivity contribution in [2.45, 2.75) is 33.1 Å². The molecule has 0 aliphatic rings. The molecule has 164 valence electrons. The van der Waals surface area contributed by atoms with Gasteiger partial charge < -0.3 is 5.32 Å². The van der Waals surface area contributed by atoms with Gasteiger partial charge in [-0.15, -0.1) is 15.0 Å². The van der Waals surface area contributed by atoms with E-state index in [2.05, 4.69) is 44.3 Å². The molecule has 5 aromatic rings.